The summed E-state index contributed by atoms with van der Waals surface area (Å²) in [4.78, 5) is 51.2. The predicted molar refractivity (Wildman–Crippen MR) is 144 cm³/mol. The van der Waals surface area contributed by atoms with Crippen LogP contribution in [0.1, 0.15) is 71.7 Å². The van der Waals surface area contributed by atoms with Gasteiger partial charge in [-0.2, -0.15) is 0 Å². The van der Waals surface area contributed by atoms with Gasteiger partial charge >= 0.3 is 17.9 Å². The molecule has 0 spiro atoms. The molecule has 8 nitrogen and oxygen atoms in total. The molecule has 0 saturated heterocycles. The van der Waals surface area contributed by atoms with Crippen molar-refractivity contribution in [1.82, 2.24) is 0 Å². The number of ketones is 1. The van der Waals surface area contributed by atoms with Crippen molar-refractivity contribution < 1.29 is 38.5 Å². The Labute approximate surface area is 230 Å². The van der Waals surface area contributed by atoms with E-state index < -0.39 is 59.1 Å². The van der Waals surface area contributed by atoms with Crippen molar-refractivity contribution in [2.75, 3.05) is 0 Å². The highest BCUT2D eigenvalue weighted by Crippen LogP contribution is 2.51. The Morgan fingerprint density at radius 2 is 1.64 bits per heavy atom. The summed E-state index contributed by atoms with van der Waals surface area (Å²) in [5, 5.41) is 11.0. The fraction of sp³-hybridized carbons (Fsp3) is 0.548. The van der Waals surface area contributed by atoms with E-state index in [4.69, 9.17) is 14.2 Å². The number of benzene rings is 1. The van der Waals surface area contributed by atoms with Crippen molar-refractivity contribution in [3.05, 3.63) is 59.7 Å². The van der Waals surface area contributed by atoms with Crippen molar-refractivity contribution in [3.8, 4) is 0 Å². The standard InChI is InChI=1S/C31H40O8/c1-18-13-14-30(6,7)26(35)16-25(34)19(2)15-24-27(38-29(36)23-11-9-8-10-12-23)20(3)17-31(24,39-22(5)33)28(18)37-21(4)32/h8-15,18,20,24-25,27-28,34H,16-17H2,1-7H3/t18-,20-,24-,25+,27-,28+,31+/m0/s1. The summed E-state index contributed by atoms with van der Waals surface area (Å²) in [6, 6.07) is 8.56. The molecule has 1 aromatic rings. The molecule has 39 heavy (non-hydrogen) atoms. The van der Waals surface area contributed by atoms with Crippen LogP contribution in [0, 0.1) is 23.2 Å². The largest absolute Gasteiger partial charge is 0.458 e. The van der Waals surface area contributed by atoms with Crippen molar-refractivity contribution >= 4 is 23.7 Å². The molecule has 1 aromatic carbocycles. The van der Waals surface area contributed by atoms with Gasteiger partial charge in [0.15, 0.2) is 5.60 Å². The molecule has 0 bridgehead atoms. The quantitative estimate of drug-likeness (QED) is 0.335. The Hall–Kier alpha value is -3.26. The summed E-state index contributed by atoms with van der Waals surface area (Å²) in [6.07, 6.45) is 2.53. The third-order valence-electron chi connectivity index (χ3n) is 7.84. The molecule has 0 radical (unpaired) electrons. The average molecular weight is 541 g/mol. The van der Waals surface area contributed by atoms with Crippen molar-refractivity contribution in [2.45, 2.75) is 85.2 Å². The lowest BCUT2D eigenvalue weighted by Gasteiger charge is -2.43. The number of aliphatic hydroxyl groups excluding tert-OH is 1. The van der Waals surface area contributed by atoms with Gasteiger partial charge in [0.2, 0.25) is 0 Å². The van der Waals surface area contributed by atoms with Crippen LogP contribution in [0.5, 0.6) is 0 Å². The van der Waals surface area contributed by atoms with Crippen LogP contribution < -0.4 is 0 Å². The van der Waals surface area contributed by atoms with Crippen LogP contribution in [0.15, 0.2) is 54.1 Å². The number of allylic oxidation sites excluding steroid dienone is 1. The molecule has 0 heterocycles. The Morgan fingerprint density at radius 3 is 2.23 bits per heavy atom. The van der Waals surface area contributed by atoms with E-state index >= 15 is 0 Å². The summed E-state index contributed by atoms with van der Waals surface area (Å²) in [5.41, 5.74) is -1.46. The van der Waals surface area contributed by atoms with Crippen LogP contribution in [0.2, 0.25) is 0 Å². The Morgan fingerprint density at radius 1 is 1.00 bits per heavy atom. The molecular formula is C31H40O8. The zero-order valence-electron chi connectivity index (χ0n) is 23.8. The van der Waals surface area contributed by atoms with E-state index in [2.05, 4.69) is 0 Å². The maximum atomic E-state index is 13.2. The number of Topliss-reactive ketones (excluding diaryl/α,β-unsaturated/α-hetero) is 1. The number of esters is 3. The Balaban J connectivity index is 2.23. The molecule has 0 unspecified atom stereocenters. The number of hydrogen-bond donors (Lipinski definition) is 1. The van der Waals surface area contributed by atoms with Crippen LogP contribution >= 0.6 is 0 Å². The molecule has 0 amide bonds. The molecule has 3 rings (SSSR count). The monoisotopic (exact) mass is 540 g/mol. The minimum atomic E-state index is -1.41. The van der Waals surface area contributed by atoms with Crippen molar-refractivity contribution in [2.24, 2.45) is 23.2 Å². The molecule has 212 valence electrons. The zero-order valence-corrected chi connectivity index (χ0v) is 23.8. The summed E-state index contributed by atoms with van der Waals surface area (Å²) in [6.45, 7) is 11.5. The van der Waals surface area contributed by atoms with Gasteiger partial charge in [0, 0.05) is 31.6 Å². The van der Waals surface area contributed by atoms with Crippen molar-refractivity contribution in [3.63, 3.8) is 0 Å². The SMILES string of the molecule is CC(=O)O[C@@H]1[C@@H](C)C=CC(C)(C)C(=O)C[C@@H](O)C(C)=C[C@H]2[C@@H](OC(=O)c3ccccc3)[C@@H](C)C[C@]12OC(C)=O. The highest BCUT2D eigenvalue weighted by atomic mass is 16.6. The normalized spacial score (nSPS) is 32.6. The lowest BCUT2D eigenvalue weighted by molar-refractivity contribution is -0.195. The number of aliphatic hydroxyl groups is 1. The van der Waals surface area contributed by atoms with Gasteiger partial charge in [-0.1, -0.05) is 50.3 Å². The van der Waals surface area contributed by atoms with Crippen molar-refractivity contribution in [1.29, 1.82) is 0 Å². The van der Waals surface area contributed by atoms with Gasteiger partial charge in [-0.05, 0) is 50.8 Å². The average Bonchev–Trinajstić information content (AvgIpc) is 3.10. The van der Waals surface area contributed by atoms with Gasteiger partial charge < -0.3 is 19.3 Å². The first-order valence-electron chi connectivity index (χ1n) is 13.4. The third kappa shape index (κ3) is 6.67. The lowest BCUT2D eigenvalue weighted by Crippen LogP contribution is -2.55. The first kappa shape index (κ1) is 30.3. The second-order valence-corrected chi connectivity index (χ2v) is 11.5. The molecule has 8 heteroatoms. The Bertz CT molecular complexity index is 1150. The number of rotatable bonds is 4. The van der Waals surface area contributed by atoms with Crippen LogP contribution in [0.25, 0.3) is 0 Å². The highest BCUT2D eigenvalue weighted by molar-refractivity contribution is 5.89. The molecular weight excluding hydrogens is 500 g/mol. The highest BCUT2D eigenvalue weighted by Gasteiger charge is 2.62. The number of carbonyl (C=O) groups excluding carboxylic acids is 4. The molecule has 1 saturated carbocycles. The maximum Gasteiger partial charge on any atom is 0.338 e. The van der Waals surface area contributed by atoms with Crippen LogP contribution in [-0.2, 0) is 28.6 Å². The fourth-order valence-corrected chi connectivity index (χ4v) is 5.73. The number of hydrogen-bond acceptors (Lipinski definition) is 8. The number of carbonyl (C=O) groups is 4. The smallest absolute Gasteiger partial charge is 0.338 e. The Kier molecular flexibility index (Phi) is 9.21. The van der Waals surface area contributed by atoms with E-state index in [-0.39, 0.29) is 24.5 Å². The number of fused-ring (bicyclic) bond motifs is 1. The summed E-state index contributed by atoms with van der Waals surface area (Å²) < 4.78 is 18.0. The lowest BCUT2D eigenvalue weighted by atomic mass is 9.75. The zero-order chi connectivity index (χ0) is 29.1. The molecule has 0 aliphatic heterocycles. The summed E-state index contributed by atoms with van der Waals surface area (Å²) in [7, 11) is 0. The van der Waals surface area contributed by atoms with E-state index in [9.17, 15) is 24.3 Å². The van der Waals surface area contributed by atoms with Gasteiger partial charge in [0.25, 0.3) is 0 Å². The second kappa shape index (κ2) is 11.9. The van der Waals surface area contributed by atoms with Gasteiger partial charge in [-0.15, -0.1) is 0 Å². The molecule has 2 aliphatic carbocycles. The summed E-state index contributed by atoms with van der Waals surface area (Å²) >= 11 is 0. The van der Waals surface area contributed by atoms with E-state index in [1.807, 2.05) is 13.8 Å². The van der Waals surface area contributed by atoms with Crippen LogP contribution in [0.4, 0.5) is 0 Å². The fourth-order valence-electron chi connectivity index (χ4n) is 5.73. The molecule has 1 fully saturated rings. The molecule has 0 aromatic heterocycles. The second-order valence-electron chi connectivity index (χ2n) is 11.5. The molecule has 1 N–H and O–H groups in total. The van der Waals surface area contributed by atoms with Crippen LogP contribution in [0.3, 0.4) is 0 Å². The predicted octanol–water partition coefficient (Wildman–Crippen LogP) is 4.60. The summed E-state index contributed by atoms with van der Waals surface area (Å²) in [5.74, 6) is -3.40. The maximum absolute atomic E-state index is 13.2. The molecule has 7 atom stereocenters. The van der Waals surface area contributed by atoms with E-state index in [1.54, 1.807) is 69.3 Å². The van der Waals surface area contributed by atoms with Gasteiger partial charge in [0.1, 0.15) is 18.0 Å². The minimum absolute atomic E-state index is 0.112. The van der Waals surface area contributed by atoms with Gasteiger partial charge in [-0.25, -0.2) is 4.79 Å². The topological polar surface area (TPSA) is 116 Å². The van der Waals surface area contributed by atoms with Crippen LogP contribution in [-0.4, -0.2) is 52.7 Å². The van der Waals surface area contributed by atoms with Gasteiger partial charge in [0.05, 0.1) is 17.6 Å². The van der Waals surface area contributed by atoms with Gasteiger partial charge in [-0.3, -0.25) is 14.4 Å². The van der Waals surface area contributed by atoms with E-state index in [0.717, 1.165) is 0 Å². The minimum Gasteiger partial charge on any atom is -0.458 e. The molecule has 2 aliphatic rings. The first-order valence-corrected chi connectivity index (χ1v) is 13.4. The first-order chi connectivity index (χ1) is 18.2. The van der Waals surface area contributed by atoms with E-state index in [0.29, 0.717) is 11.1 Å². The number of ether oxygens (including phenoxy) is 3. The third-order valence-corrected chi connectivity index (χ3v) is 7.84. The van der Waals surface area contributed by atoms with E-state index in [1.165, 1.54) is 13.8 Å².